The maximum absolute atomic E-state index is 11.6. The Bertz CT molecular complexity index is 647. The number of aromatic hydroxyl groups is 2. The van der Waals surface area contributed by atoms with Crippen molar-refractivity contribution in [2.45, 2.75) is 12.8 Å². The summed E-state index contributed by atoms with van der Waals surface area (Å²) in [7, 11) is 0. The fraction of sp³-hybridized carbons (Fsp3) is 0.167. The van der Waals surface area contributed by atoms with Crippen molar-refractivity contribution >= 4 is 12.0 Å². The standard InChI is InChI=1S/C18H18O4/c19-16-10-4-9-15(18(16)21)11-12-17(20)22-13-5-8-14-6-2-1-3-7-14/h1-4,6-7,9-12,19,21H,5,8,13H2/b12-11+. The molecule has 0 aliphatic heterocycles. The summed E-state index contributed by atoms with van der Waals surface area (Å²) in [6, 6.07) is 14.5. The third-order valence-electron chi connectivity index (χ3n) is 3.14. The molecule has 4 heteroatoms. The van der Waals surface area contributed by atoms with Crippen molar-refractivity contribution < 1.29 is 19.7 Å². The van der Waals surface area contributed by atoms with Gasteiger partial charge >= 0.3 is 5.97 Å². The molecule has 114 valence electrons. The zero-order valence-electron chi connectivity index (χ0n) is 12.1. The second-order valence-electron chi connectivity index (χ2n) is 4.80. The highest BCUT2D eigenvalue weighted by Crippen LogP contribution is 2.28. The third-order valence-corrected chi connectivity index (χ3v) is 3.14. The predicted octanol–water partition coefficient (Wildman–Crippen LogP) is 3.29. The molecule has 0 atom stereocenters. The molecule has 0 spiro atoms. The van der Waals surface area contributed by atoms with E-state index in [1.165, 1.54) is 23.8 Å². The Balaban J connectivity index is 1.76. The van der Waals surface area contributed by atoms with E-state index in [1.807, 2.05) is 30.3 Å². The number of hydrogen-bond donors (Lipinski definition) is 2. The molecule has 0 amide bonds. The van der Waals surface area contributed by atoms with Gasteiger partial charge in [-0.1, -0.05) is 42.5 Å². The molecule has 0 aliphatic carbocycles. The van der Waals surface area contributed by atoms with Crippen molar-refractivity contribution in [3.63, 3.8) is 0 Å². The SMILES string of the molecule is O=C(/C=C/c1cccc(O)c1O)OCCCc1ccccc1. The summed E-state index contributed by atoms with van der Waals surface area (Å²) >= 11 is 0. The van der Waals surface area contributed by atoms with Gasteiger partial charge in [-0.15, -0.1) is 0 Å². The number of phenols is 2. The molecule has 4 nitrogen and oxygen atoms in total. The number of rotatable bonds is 6. The zero-order chi connectivity index (χ0) is 15.8. The van der Waals surface area contributed by atoms with E-state index in [-0.39, 0.29) is 11.5 Å². The summed E-state index contributed by atoms with van der Waals surface area (Å²) in [5, 5.41) is 18.9. The van der Waals surface area contributed by atoms with Crippen molar-refractivity contribution in [1.29, 1.82) is 0 Å². The second-order valence-corrected chi connectivity index (χ2v) is 4.80. The Morgan fingerprint density at radius 1 is 1.05 bits per heavy atom. The van der Waals surface area contributed by atoms with Crippen molar-refractivity contribution in [3.05, 3.63) is 65.7 Å². The molecule has 2 aromatic carbocycles. The molecular weight excluding hydrogens is 280 g/mol. The van der Waals surface area contributed by atoms with Crippen LogP contribution in [0, 0.1) is 0 Å². The fourth-order valence-corrected chi connectivity index (χ4v) is 1.98. The van der Waals surface area contributed by atoms with E-state index in [4.69, 9.17) is 4.74 Å². The summed E-state index contributed by atoms with van der Waals surface area (Å²) in [4.78, 5) is 11.6. The summed E-state index contributed by atoms with van der Waals surface area (Å²) < 4.78 is 5.09. The molecule has 2 rings (SSSR count). The van der Waals surface area contributed by atoms with E-state index >= 15 is 0 Å². The van der Waals surface area contributed by atoms with Gasteiger partial charge in [-0.2, -0.15) is 0 Å². The van der Waals surface area contributed by atoms with Crippen LogP contribution in [0.5, 0.6) is 11.5 Å². The first-order chi connectivity index (χ1) is 10.7. The minimum absolute atomic E-state index is 0.224. The molecule has 22 heavy (non-hydrogen) atoms. The molecule has 0 radical (unpaired) electrons. The Labute approximate surface area is 129 Å². The van der Waals surface area contributed by atoms with Crippen molar-refractivity contribution in [1.82, 2.24) is 0 Å². The Hall–Kier alpha value is -2.75. The Kier molecular flexibility index (Phi) is 5.60. The summed E-state index contributed by atoms with van der Waals surface area (Å²) in [6.45, 7) is 0.337. The number of para-hydroxylation sites is 1. The van der Waals surface area contributed by atoms with Crippen LogP contribution in [0.4, 0.5) is 0 Å². The first kappa shape index (κ1) is 15.6. The van der Waals surface area contributed by atoms with Crippen molar-refractivity contribution in [2.75, 3.05) is 6.61 Å². The van der Waals surface area contributed by atoms with Crippen LogP contribution in [0.1, 0.15) is 17.5 Å². The van der Waals surface area contributed by atoms with Gasteiger partial charge in [0.15, 0.2) is 11.5 Å². The van der Waals surface area contributed by atoms with Gasteiger partial charge in [-0.3, -0.25) is 0 Å². The molecule has 0 saturated heterocycles. The quantitative estimate of drug-likeness (QED) is 0.372. The Morgan fingerprint density at radius 3 is 2.59 bits per heavy atom. The number of aryl methyl sites for hydroxylation is 1. The summed E-state index contributed by atoms with van der Waals surface area (Å²) in [6.07, 6.45) is 4.25. The first-order valence-corrected chi connectivity index (χ1v) is 7.06. The van der Waals surface area contributed by atoms with Gasteiger partial charge in [0.05, 0.1) is 6.61 Å². The lowest BCUT2D eigenvalue weighted by Crippen LogP contribution is -2.03. The van der Waals surface area contributed by atoms with Crippen LogP contribution in [-0.2, 0) is 16.0 Å². The van der Waals surface area contributed by atoms with E-state index in [9.17, 15) is 15.0 Å². The third kappa shape index (κ3) is 4.66. The summed E-state index contributed by atoms with van der Waals surface area (Å²) in [5.74, 6) is -0.954. The van der Waals surface area contributed by atoms with Crippen molar-refractivity contribution in [3.8, 4) is 11.5 Å². The number of ether oxygens (including phenoxy) is 1. The highest BCUT2D eigenvalue weighted by Gasteiger charge is 2.03. The number of carbonyl (C=O) groups excluding carboxylic acids is 1. The van der Waals surface area contributed by atoms with E-state index in [2.05, 4.69) is 0 Å². The first-order valence-electron chi connectivity index (χ1n) is 7.06. The van der Waals surface area contributed by atoms with E-state index < -0.39 is 5.97 Å². The van der Waals surface area contributed by atoms with Crippen molar-refractivity contribution in [2.24, 2.45) is 0 Å². The number of benzene rings is 2. The summed E-state index contributed by atoms with van der Waals surface area (Å²) in [5.41, 5.74) is 1.57. The number of esters is 1. The van der Waals surface area contributed by atoms with Crippen LogP contribution < -0.4 is 0 Å². The van der Waals surface area contributed by atoms with Crippen LogP contribution in [0.15, 0.2) is 54.6 Å². The van der Waals surface area contributed by atoms with Crippen LogP contribution in [-0.4, -0.2) is 22.8 Å². The van der Waals surface area contributed by atoms with Crippen LogP contribution >= 0.6 is 0 Å². The van der Waals surface area contributed by atoms with Gasteiger partial charge in [0, 0.05) is 11.6 Å². The zero-order valence-corrected chi connectivity index (χ0v) is 12.1. The van der Waals surface area contributed by atoms with Gasteiger partial charge < -0.3 is 14.9 Å². The maximum Gasteiger partial charge on any atom is 0.330 e. The van der Waals surface area contributed by atoms with E-state index in [0.29, 0.717) is 12.2 Å². The second kappa shape index (κ2) is 7.88. The minimum Gasteiger partial charge on any atom is -0.504 e. The van der Waals surface area contributed by atoms with Gasteiger partial charge in [-0.25, -0.2) is 4.79 Å². The molecule has 2 aromatic rings. The fourth-order valence-electron chi connectivity index (χ4n) is 1.98. The molecule has 0 saturated carbocycles. The molecule has 0 aliphatic rings. The molecule has 2 N–H and O–H groups in total. The minimum atomic E-state index is -0.476. The predicted molar refractivity (Wildman–Crippen MR) is 84.5 cm³/mol. The van der Waals surface area contributed by atoms with Gasteiger partial charge in [0.2, 0.25) is 0 Å². The molecule has 0 unspecified atom stereocenters. The van der Waals surface area contributed by atoms with Gasteiger partial charge in [0.25, 0.3) is 0 Å². The Morgan fingerprint density at radius 2 is 1.82 bits per heavy atom. The normalized spacial score (nSPS) is 10.7. The highest BCUT2D eigenvalue weighted by atomic mass is 16.5. The van der Waals surface area contributed by atoms with Crippen LogP contribution in [0.3, 0.4) is 0 Å². The smallest absolute Gasteiger partial charge is 0.330 e. The average molecular weight is 298 g/mol. The van der Waals surface area contributed by atoms with Crippen LogP contribution in [0.2, 0.25) is 0 Å². The van der Waals surface area contributed by atoms with Gasteiger partial charge in [-0.05, 0) is 30.5 Å². The number of phenolic OH excluding ortho intramolecular Hbond substituents is 2. The number of hydrogen-bond acceptors (Lipinski definition) is 4. The lowest BCUT2D eigenvalue weighted by molar-refractivity contribution is -0.137. The molecule has 0 heterocycles. The van der Waals surface area contributed by atoms with Gasteiger partial charge in [0.1, 0.15) is 0 Å². The lowest BCUT2D eigenvalue weighted by Gasteiger charge is -2.03. The monoisotopic (exact) mass is 298 g/mol. The molecular formula is C18H18O4. The average Bonchev–Trinajstić information content (AvgIpc) is 2.54. The maximum atomic E-state index is 11.6. The highest BCUT2D eigenvalue weighted by molar-refractivity contribution is 5.87. The topological polar surface area (TPSA) is 66.8 Å². The molecule has 0 bridgehead atoms. The molecule has 0 aromatic heterocycles. The van der Waals surface area contributed by atoms with E-state index in [0.717, 1.165) is 12.8 Å². The lowest BCUT2D eigenvalue weighted by atomic mass is 10.1. The van der Waals surface area contributed by atoms with E-state index in [1.54, 1.807) is 12.1 Å². The van der Waals surface area contributed by atoms with Crippen LogP contribution in [0.25, 0.3) is 6.08 Å². The molecule has 0 fully saturated rings. The number of carbonyl (C=O) groups is 1. The largest absolute Gasteiger partial charge is 0.504 e.